The molecule has 0 saturated carbocycles. The van der Waals surface area contributed by atoms with Gasteiger partial charge in [-0.2, -0.15) is 0 Å². The number of anilines is 1. The number of carbonyl (C=O) groups excluding carboxylic acids is 2. The Bertz CT molecular complexity index is 608. The summed E-state index contributed by atoms with van der Waals surface area (Å²) < 4.78 is 0. The molecule has 0 aliphatic carbocycles. The topological polar surface area (TPSA) is 77.0 Å². The molecule has 7 nitrogen and oxygen atoms in total. The molecule has 0 aromatic heterocycles. The van der Waals surface area contributed by atoms with Gasteiger partial charge in [-0.25, -0.2) is 4.99 Å². The number of guanidine groups is 1. The summed E-state index contributed by atoms with van der Waals surface area (Å²) in [5.41, 5.74) is 0.721. The molecular weight excluding hydrogens is 294 g/mol. The van der Waals surface area contributed by atoms with Crippen LogP contribution in [-0.4, -0.2) is 66.8 Å². The van der Waals surface area contributed by atoms with Crippen molar-refractivity contribution in [1.29, 1.82) is 0 Å². The third kappa shape index (κ3) is 3.87. The molecule has 0 spiro atoms. The third-order valence-corrected chi connectivity index (χ3v) is 4.05. The molecule has 1 fully saturated rings. The Hall–Kier alpha value is -2.41. The van der Waals surface area contributed by atoms with Gasteiger partial charge in [-0.1, -0.05) is 18.2 Å². The van der Waals surface area contributed by atoms with Gasteiger partial charge in [0.1, 0.15) is 6.04 Å². The first-order valence-corrected chi connectivity index (χ1v) is 7.79. The molecule has 2 aliphatic rings. The van der Waals surface area contributed by atoms with E-state index < -0.39 is 6.04 Å². The number of hydrogen-bond acceptors (Lipinski definition) is 5. The fourth-order valence-electron chi connectivity index (χ4n) is 2.66. The second-order valence-corrected chi connectivity index (χ2v) is 5.87. The molecule has 1 aromatic carbocycles. The number of piperazine rings is 1. The molecule has 2 heterocycles. The average molecular weight is 315 g/mol. The molecule has 2 amide bonds. The summed E-state index contributed by atoms with van der Waals surface area (Å²) >= 11 is 0. The zero-order chi connectivity index (χ0) is 16.2. The smallest absolute Gasteiger partial charge is 0.252 e. The van der Waals surface area contributed by atoms with E-state index in [1.165, 1.54) is 0 Å². The first-order valence-electron chi connectivity index (χ1n) is 7.79. The molecule has 0 bridgehead atoms. The number of rotatable bonds is 3. The van der Waals surface area contributed by atoms with E-state index in [2.05, 4.69) is 32.5 Å². The van der Waals surface area contributed by atoms with Crippen molar-refractivity contribution in [3.8, 4) is 0 Å². The maximum absolute atomic E-state index is 12.1. The quantitative estimate of drug-likeness (QED) is 0.830. The van der Waals surface area contributed by atoms with Crippen LogP contribution in [0.3, 0.4) is 0 Å². The minimum Gasteiger partial charge on any atom is -0.340 e. The zero-order valence-corrected chi connectivity index (χ0v) is 13.2. The number of benzene rings is 1. The Morgan fingerprint density at radius 2 is 1.96 bits per heavy atom. The van der Waals surface area contributed by atoms with E-state index in [0.29, 0.717) is 5.96 Å². The number of likely N-dealkylation sites (N-methyl/N-ethyl adjacent to an activating group) is 1. The molecular formula is C16H21N5O2. The molecule has 1 aromatic rings. The van der Waals surface area contributed by atoms with E-state index in [9.17, 15) is 9.59 Å². The second kappa shape index (κ2) is 6.78. The highest BCUT2D eigenvalue weighted by Crippen LogP contribution is 2.12. The molecule has 0 unspecified atom stereocenters. The van der Waals surface area contributed by atoms with Gasteiger partial charge in [0.05, 0.1) is 6.42 Å². The molecule has 122 valence electrons. The van der Waals surface area contributed by atoms with Crippen molar-refractivity contribution in [2.24, 2.45) is 4.99 Å². The molecule has 7 heteroatoms. The highest BCUT2D eigenvalue weighted by atomic mass is 16.2. The number of para-hydroxylation sites is 1. The Morgan fingerprint density at radius 1 is 1.26 bits per heavy atom. The molecule has 2 aliphatic heterocycles. The highest BCUT2D eigenvalue weighted by Gasteiger charge is 2.31. The van der Waals surface area contributed by atoms with Gasteiger partial charge in [0.15, 0.2) is 0 Å². The van der Waals surface area contributed by atoms with Crippen molar-refractivity contribution in [1.82, 2.24) is 15.1 Å². The van der Waals surface area contributed by atoms with E-state index in [0.717, 1.165) is 31.9 Å². The van der Waals surface area contributed by atoms with Crippen molar-refractivity contribution in [2.75, 3.05) is 38.5 Å². The van der Waals surface area contributed by atoms with Crippen LogP contribution in [0.2, 0.25) is 0 Å². The van der Waals surface area contributed by atoms with E-state index in [-0.39, 0.29) is 18.2 Å². The van der Waals surface area contributed by atoms with Gasteiger partial charge >= 0.3 is 0 Å². The first kappa shape index (κ1) is 15.5. The van der Waals surface area contributed by atoms with Crippen molar-refractivity contribution < 1.29 is 9.59 Å². The Morgan fingerprint density at radius 3 is 2.65 bits per heavy atom. The fourth-order valence-corrected chi connectivity index (χ4v) is 2.66. The lowest BCUT2D eigenvalue weighted by Gasteiger charge is -2.33. The largest absolute Gasteiger partial charge is 0.340 e. The van der Waals surface area contributed by atoms with Crippen LogP contribution in [0.15, 0.2) is 35.3 Å². The van der Waals surface area contributed by atoms with Gasteiger partial charge in [-0.3, -0.25) is 14.9 Å². The predicted molar refractivity (Wildman–Crippen MR) is 88.1 cm³/mol. The summed E-state index contributed by atoms with van der Waals surface area (Å²) in [5, 5.41) is 5.58. The van der Waals surface area contributed by atoms with Crippen LogP contribution in [0.25, 0.3) is 0 Å². The molecule has 1 atom stereocenters. The Balaban J connectivity index is 1.57. The van der Waals surface area contributed by atoms with Gasteiger partial charge < -0.3 is 15.1 Å². The summed E-state index contributed by atoms with van der Waals surface area (Å²) in [6.45, 7) is 3.54. The number of amides is 2. The number of nitrogens with one attached hydrogen (secondary N) is 2. The minimum atomic E-state index is -0.645. The van der Waals surface area contributed by atoms with Crippen molar-refractivity contribution >= 4 is 23.5 Å². The summed E-state index contributed by atoms with van der Waals surface area (Å²) in [7, 11) is 2.07. The lowest BCUT2D eigenvalue weighted by Crippen LogP contribution is -2.50. The zero-order valence-electron chi connectivity index (χ0n) is 13.2. The molecule has 0 radical (unpaired) electrons. The van der Waals surface area contributed by atoms with Crippen LogP contribution in [0, 0.1) is 0 Å². The van der Waals surface area contributed by atoms with Gasteiger partial charge in [-0.05, 0) is 19.2 Å². The van der Waals surface area contributed by atoms with Crippen molar-refractivity contribution in [3.05, 3.63) is 30.3 Å². The molecule has 3 rings (SSSR count). The lowest BCUT2D eigenvalue weighted by molar-refractivity contribution is -0.124. The van der Waals surface area contributed by atoms with Crippen LogP contribution >= 0.6 is 0 Å². The number of nitrogens with zero attached hydrogens (tertiary/aromatic N) is 3. The number of aliphatic imine (C=N–C) groups is 1. The van der Waals surface area contributed by atoms with Crippen LogP contribution in [0.5, 0.6) is 0 Å². The summed E-state index contributed by atoms with van der Waals surface area (Å²) in [6, 6.07) is 8.56. The van der Waals surface area contributed by atoms with E-state index >= 15 is 0 Å². The van der Waals surface area contributed by atoms with Gasteiger partial charge in [0.25, 0.3) is 5.91 Å². The van der Waals surface area contributed by atoms with Crippen molar-refractivity contribution in [2.45, 2.75) is 12.5 Å². The van der Waals surface area contributed by atoms with Gasteiger partial charge in [0, 0.05) is 31.9 Å². The molecule has 1 saturated heterocycles. The van der Waals surface area contributed by atoms with Crippen LogP contribution < -0.4 is 10.6 Å². The van der Waals surface area contributed by atoms with Crippen molar-refractivity contribution in [3.63, 3.8) is 0 Å². The molecule has 23 heavy (non-hydrogen) atoms. The molecule has 2 N–H and O–H groups in total. The van der Waals surface area contributed by atoms with E-state index in [1.54, 1.807) is 0 Å². The van der Waals surface area contributed by atoms with Crippen LogP contribution in [0.1, 0.15) is 6.42 Å². The van der Waals surface area contributed by atoms with Crippen LogP contribution in [-0.2, 0) is 9.59 Å². The maximum atomic E-state index is 12.1. The number of carbonyl (C=O) groups is 2. The minimum absolute atomic E-state index is 0.0535. The SMILES string of the molecule is CN1CCN(C2=N[C@@H](CC(=O)Nc3ccccc3)C(=O)N2)CC1. The normalized spacial score (nSPS) is 21.8. The van der Waals surface area contributed by atoms with Gasteiger partial charge in [-0.15, -0.1) is 0 Å². The summed E-state index contributed by atoms with van der Waals surface area (Å²) in [6.07, 6.45) is 0.0535. The monoisotopic (exact) mass is 315 g/mol. The van der Waals surface area contributed by atoms with E-state index in [1.807, 2.05) is 30.3 Å². The lowest BCUT2D eigenvalue weighted by atomic mass is 10.2. The summed E-state index contributed by atoms with van der Waals surface area (Å²) in [4.78, 5) is 32.8. The predicted octanol–water partition coefficient (Wildman–Crippen LogP) is 0.117. The fraction of sp³-hybridized carbons (Fsp3) is 0.438. The average Bonchev–Trinajstić information content (AvgIpc) is 2.90. The standard InChI is InChI=1S/C16H21N5O2/c1-20-7-9-21(10-8-20)16-18-13(15(23)19-16)11-14(22)17-12-5-3-2-4-6-12/h2-6,13H,7-11H2,1H3,(H,17,22)(H,18,19,23)/t13-/m0/s1. The Labute approximate surface area is 135 Å². The highest BCUT2D eigenvalue weighted by molar-refractivity contribution is 6.07. The summed E-state index contributed by atoms with van der Waals surface area (Å²) in [5.74, 6) is 0.183. The number of hydrogen-bond donors (Lipinski definition) is 2. The van der Waals surface area contributed by atoms with Crippen LogP contribution in [0.4, 0.5) is 5.69 Å². The van der Waals surface area contributed by atoms with Gasteiger partial charge in [0.2, 0.25) is 11.9 Å². The second-order valence-electron chi connectivity index (χ2n) is 5.87. The van der Waals surface area contributed by atoms with E-state index in [4.69, 9.17) is 0 Å². The maximum Gasteiger partial charge on any atom is 0.252 e. The first-order chi connectivity index (χ1) is 11.1. The Kier molecular flexibility index (Phi) is 4.57. The third-order valence-electron chi connectivity index (χ3n) is 4.05.